The van der Waals surface area contributed by atoms with Gasteiger partial charge in [0.2, 0.25) is 0 Å². The molecule has 8 rings (SSSR count). The number of allylic oxidation sites excluding steroid dienone is 1. The van der Waals surface area contributed by atoms with Crippen molar-refractivity contribution in [3.8, 4) is 39.1 Å². The molecule has 0 heterocycles. The van der Waals surface area contributed by atoms with Crippen LogP contribution in [0.3, 0.4) is 0 Å². The van der Waals surface area contributed by atoms with E-state index in [-0.39, 0.29) is 0 Å². The lowest BCUT2D eigenvalue weighted by Crippen LogP contribution is -2.04. The van der Waals surface area contributed by atoms with E-state index in [1.165, 1.54) is 66.1 Å². The highest BCUT2D eigenvalue weighted by molar-refractivity contribution is 6.22. The Morgan fingerprint density at radius 3 is 1.81 bits per heavy atom. The van der Waals surface area contributed by atoms with Crippen molar-refractivity contribution >= 4 is 38.4 Å². The highest BCUT2D eigenvalue weighted by Gasteiger charge is 2.24. The molecule has 1 atom stereocenters. The monoisotopic (exact) mass is 538 g/mol. The topological polar surface area (TPSA) is 20.2 Å². The second kappa shape index (κ2) is 9.75. The first-order chi connectivity index (χ1) is 20.7. The van der Waals surface area contributed by atoms with Crippen LogP contribution in [-0.2, 0) is 0 Å². The van der Waals surface area contributed by atoms with Gasteiger partial charge in [-0.2, -0.15) is 0 Å². The van der Waals surface area contributed by atoms with Gasteiger partial charge >= 0.3 is 0 Å². The molecule has 0 aliphatic heterocycles. The van der Waals surface area contributed by atoms with Crippen LogP contribution in [0.25, 0.3) is 71.8 Å². The van der Waals surface area contributed by atoms with Gasteiger partial charge in [0.25, 0.3) is 0 Å². The molecular formula is C41H30O. The van der Waals surface area contributed by atoms with Crippen LogP contribution in [0.4, 0.5) is 0 Å². The fourth-order valence-corrected chi connectivity index (χ4v) is 7.08. The molecule has 1 nitrogen and oxygen atoms in total. The Morgan fingerprint density at radius 2 is 1.14 bits per heavy atom. The molecule has 1 aliphatic carbocycles. The molecule has 0 aromatic heterocycles. The van der Waals surface area contributed by atoms with Gasteiger partial charge < -0.3 is 5.11 Å². The summed E-state index contributed by atoms with van der Waals surface area (Å²) in [6.45, 7) is 2.27. The van der Waals surface area contributed by atoms with Crippen molar-refractivity contribution in [2.45, 2.75) is 19.3 Å². The number of hydrogen-bond donors (Lipinski definition) is 1. The molecule has 1 heteroatoms. The van der Waals surface area contributed by atoms with Crippen LogP contribution in [0.15, 0.2) is 133 Å². The van der Waals surface area contributed by atoms with E-state index < -0.39 is 0 Å². The number of phenols is 1. The number of phenolic OH excluding ortho intramolecular Hbond substituents is 1. The van der Waals surface area contributed by atoms with Crippen LogP contribution in [0.5, 0.6) is 5.75 Å². The van der Waals surface area contributed by atoms with Gasteiger partial charge in [0.15, 0.2) is 0 Å². The van der Waals surface area contributed by atoms with E-state index in [0.717, 1.165) is 17.2 Å². The summed E-state index contributed by atoms with van der Waals surface area (Å²) in [5.41, 5.74) is 9.87. The van der Waals surface area contributed by atoms with Crippen LogP contribution >= 0.6 is 0 Å². The summed E-state index contributed by atoms with van der Waals surface area (Å²) < 4.78 is 0. The molecular weight excluding hydrogens is 508 g/mol. The molecule has 0 fully saturated rings. The van der Waals surface area contributed by atoms with Crippen LogP contribution < -0.4 is 0 Å². The second-order valence-corrected chi connectivity index (χ2v) is 11.5. The molecule has 0 radical (unpaired) electrons. The molecule has 200 valence electrons. The zero-order valence-corrected chi connectivity index (χ0v) is 23.5. The van der Waals surface area contributed by atoms with Gasteiger partial charge in [-0.3, -0.25) is 0 Å². The van der Waals surface area contributed by atoms with Crippen molar-refractivity contribution in [3.63, 3.8) is 0 Å². The summed E-state index contributed by atoms with van der Waals surface area (Å²) in [6.07, 6.45) is 5.53. The summed E-state index contributed by atoms with van der Waals surface area (Å²) in [4.78, 5) is 0. The Labute approximate surface area is 246 Å². The largest absolute Gasteiger partial charge is 0.507 e. The Bertz CT molecular complexity index is 2110. The van der Waals surface area contributed by atoms with Crippen molar-refractivity contribution in [2.75, 3.05) is 0 Å². The first kappa shape index (κ1) is 24.6. The second-order valence-electron chi connectivity index (χ2n) is 11.5. The van der Waals surface area contributed by atoms with E-state index in [1.807, 2.05) is 12.1 Å². The molecule has 7 aromatic carbocycles. The maximum atomic E-state index is 11.0. The molecule has 1 aliphatic rings. The van der Waals surface area contributed by atoms with Crippen molar-refractivity contribution < 1.29 is 5.11 Å². The highest BCUT2D eigenvalue weighted by atomic mass is 16.3. The maximum Gasteiger partial charge on any atom is 0.123 e. The number of rotatable bonds is 3. The summed E-state index contributed by atoms with van der Waals surface area (Å²) in [5, 5.41) is 18.0. The average molecular weight is 539 g/mol. The lowest BCUT2D eigenvalue weighted by molar-refractivity contribution is 0.481. The molecule has 0 spiro atoms. The lowest BCUT2D eigenvalue weighted by atomic mass is 9.78. The van der Waals surface area contributed by atoms with Gasteiger partial charge in [0.05, 0.1) is 0 Å². The summed E-state index contributed by atoms with van der Waals surface area (Å²) >= 11 is 0. The number of aromatic hydroxyl groups is 1. The smallest absolute Gasteiger partial charge is 0.123 e. The van der Waals surface area contributed by atoms with Gasteiger partial charge in [0, 0.05) is 5.39 Å². The van der Waals surface area contributed by atoms with E-state index in [9.17, 15) is 5.11 Å². The first-order valence-electron chi connectivity index (χ1n) is 14.7. The standard InChI is InChI=1S/C41H30O/c1-26-11-9-19-35-36(25-30-14-10-20-37(42)40(30)38(26)35)41-33-17-7-5-15-31(33)39(32-16-6-8-18-34(32)41)29-23-21-28(22-24-29)27-12-3-2-4-13-27/h2-10,12-26,42H,11H2,1H3. The normalized spacial score (nSPS) is 14.5. The zero-order chi connectivity index (χ0) is 28.2. The molecule has 0 saturated heterocycles. The van der Waals surface area contributed by atoms with E-state index >= 15 is 0 Å². The van der Waals surface area contributed by atoms with E-state index in [4.69, 9.17) is 0 Å². The van der Waals surface area contributed by atoms with Crippen LogP contribution in [-0.4, -0.2) is 5.11 Å². The predicted molar refractivity (Wildman–Crippen MR) is 179 cm³/mol. The third-order valence-electron chi connectivity index (χ3n) is 8.97. The van der Waals surface area contributed by atoms with Gasteiger partial charge in [-0.1, -0.05) is 134 Å². The lowest BCUT2D eigenvalue weighted by Gasteiger charge is -2.26. The molecule has 0 amide bonds. The van der Waals surface area contributed by atoms with Crippen LogP contribution in [0.2, 0.25) is 0 Å². The molecule has 0 bridgehead atoms. The maximum absolute atomic E-state index is 11.0. The van der Waals surface area contributed by atoms with Gasteiger partial charge in [-0.25, -0.2) is 0 Å². The van der Waals surface area contributed by atoms with E-state index in [1.54, 1.807) is 0 Å². The zero-order valence-electron chi connectivity index (χ0n) is 23.5. The van der Waals surface area contributed by atoms with Gasteiger partial charge in [0.1, 0.15) is 5.75 Å². The third-order valence-corrected chi connectivity index (χ3v) is 8.97. The number of benzene rings is 7. The fourth-order valence-electron chi connectivity index (χ4n) is 7.08. The summed E-state index contributed by atoms with van der Waals surface area (Å²) in [6, 6.07) is 45.4. The van der Waals surface area contributed by atoms with Crippen molar-refractivity contribution in [2.24, 2.45) is 0 Å². The van der Waals surface area contributed by atoms with Crippen LogP contribution in [0, 0.1) is 0 Å². The molecule has 7 aromatic rings. The molecule has 42 heavy (non-hydrogen) atoms. The third kappa shape index (κ3) is 3.78. The Hall–Kier alpha value is -5.14. The minimum atomic E-state index is 0.320. The van der Waals surface area contributed by atoms with Crippen molar-refractivity contribution in [1.82, 2.24) is 0 Å². The summed E-state index contributed by atoms with van der Waals surface area (Å²) in [7, 11) is 0. The predicted octanol–water partition coefficient (Wildman–Crippen LogP) is 11.4. The molecule has 1 N–H and O–H groups in total. The fraction of sp³-hybridized carbons (Fsp3) is 0.0732. The highest BCUT2D eigenvalue weighted by Crippen LogP contribution is 2.49. The molecule has 1 unspecified atom stereocenters. The quantitative estimate of drug-likeness (QED) is 0.222. The Morgan fingerprint density at radius 1 is 0.571 bits per heavy atom. The molecule has 0 saturated carbocycles. The van der Waals surface area contributed by atoms with E-state index in [0.29, 0.717) is 11.7 Å². The number of hydrogen-bond acceptors (Lipinski definition) is 1. The minimum Gasteiger partial charge on any atom is -0.507 e. The average Bonchev–Trinajstić information content (AvgIpc) is 3.04. The van der Waals surface area contributed by atoms with Gasteiger partial charge in [-0.15, -0.1) is 0 Å². The number of fused-ring (bicyclic) bond motifs is 5. The van der Waals surface area contributed by atoms with Crippen LogP contribution in [0.1, 0.15) is 30.4 Å². The Kier molecular flexibility index (Phi) is 5.72. The summed E-state index contributed by atoms with van der Waals surface area (Å²) in [5.74, 6) is 0.683. The van der Waals surface area contributed by atoms with Crippen molar-refractivity contribution in [1.29, 1.82) is 0 Å². The van der Waals surface area contributed by atoms with Gasteiger partial charge in [-0.05, 0) is 95.9 Å². The SMILES string of the molecule is CC1CC=Cc2c(-c3c4ccccc4c(-c4ccc(-c5ccccc5)cc4)c4ccccc34)cc3cccc(O)c3c21. The minimum absolute atomic E-state index is 0.320. The van der Waals surface area contributed by atoms with Crippen molar-refractivity contribution in [3.05, 3.63) is 145 Å². The van der Waals surface area contributed by atoms with E-state index in [2.05, 4.69) is 134 Å². The Balaban J connectivity index is 1.45. The first-order valence-corrected chi connectivity index (χ1v) is 14.7.